The summed E-state index contributed by atoms with van der Waals surface area (Å²) in [4.78, 5) is 76.9. The highest BCUT2D eigenvalue weighted by Gasteiger charge is 2.77. The maximum atomic E-state index is 13.3. The van der Waals surface area contributed by atoms with Gasteiger partial charge in [0.2, 0.25) is 34.9 Å². The number of anilines is 2. The number of amides is 2. The molecule has 0 saturated heterocycles. The van der Waals surface area contributed by atoms with E-state index < -0.39 is 62.5 Å². The highest BCUT2D eigenvalue weighted by molar-refractivity contribution is 6.49. The van der Waals surface area contributed by atoms with E-state index in [-0.39, 0.29) is 5.92 Å². The van der Waals surface area contributed by atoms with Gasteiger partial charge in [0.1, 0.15) is 11.3 Å². The number of hydrogen-bond acceptors (Lipinski definition) is 6. The average Bonchev–Trinajstić information content (AvgIpc) is 3.09. The van der Waals surface area contributed by atoms with E-state index in [2.05, 4.69) is 10.6 Å². The molecule has 3 saturated carbocycles. The third-order valence-electron chi connectivity index (χ3n) is 9.94. The predicted octanol–water partition coefficient (Wildman–Crippen LogP) is 3.74. The number of hydrogen-bond donors (Lipinski definition) is 2. The highest BCUT2D eigenvalue weighted by atomic mass is 16.2. The second-order valence-electron chi connectivity index (χ2n) is 11.9. The molecule has 8 nitrogen and oxygen atoms in total. The molecule has 3 fully saturated rings. The number of fused-ring (bicyclic) bond motifs is 2. The van der Waals surface area contributed by atoms with Crippen molar-refractivity contribution in [3.05, 3.63) is 24.3 Å². The third-order valence-corrected chi connectivity index (χ3v) is 9.94. The van der Waals surface area contributed by atoms with E-state index >= 15 is 0 Å². The molecule has 4 rings (SSSR count). The van der Waals surface area contributed by atoms with Crippen molar-refractivity contribution in [2.24, 2.45) is 33.5 Å². The van der Waals surface area contributed by atoms with Crippen molar-refractivity contribution in [3.8, 4) is 0 Å². The second-order valence-corrected chi connectivity index (χ2v) is 11.9. The number of Topliss-reactive ketones (excluding diaryl/α,β-unsaturated/α-hetero) is 4. The van der Waals surface area contributed by atoms with Crippen LogP contribution < -0.4 is 10.6 Å². The summed E-state index contributed by atoms with van der Waals surface area (Å²) in [6.07, 6.45) is 1.59. The fraction of sp³-hybridized carbons (Fsp3) is 0.571. The summed E-state index contributed by atoms with van der Waals surface area (Å²) >= 11 is 0. The van der Waals surface area contributed by atoms with Crippen molar-refractivity contribution in [1.29, 1.82) is 0 Å². The molecule has 0 spiro atoms. The maximum absolute atomic E-state index is 13.3. The van der Waals surface area contributed by atoms with Gasteiger partial charge >= 0.3 is 0 Å². The van der Waals surface area contributed by atoms with Gasteiger partial charge in [-0.2, -0.15) is 0 Å². The van der Waals surface area contributed by atoms with E-state index in [0.717, 1.165) is 0 Å². The van der Waals surface area contributed by atoms with Gasteiger partial charge in [-0.15, -0.1) is 0 Å². The van der Waals surface area contributed by atoms with Crippen molar-refractivity contribution < 1.29 is 28.8 Å². The zero-order valence-corrected chi connectivity index (χ0v) is 21.7. The van der Waals surface area contributed by atoms with Gasteiger partial charge in [0.15, 0.2) is 0 Å². The Morgan fingerprint density at radius 1 is 0.806 bits per heavy atom. The van der Waals surface area contributed by atoms with Gasteiger partial charge in [-0.3, -0.25) is 28.8 Å². The molecule has 0 heterocycles. The van der Waals surface area contributed by atoms with E-state index in [9.17, 15) is 28.8 Å². The van der Waals surface area contributed by atoms with Crippen molar-refractivity contribution in [2.45, 2.75) is 67.2 Å². The molecule has 2 N–H and O–H groups in total. The van der Waals surface area contributed by atoms with Gasteiger partial charge in [0, 0.05) is 22.2 Å². The lowest BCUT2D eigenvalue weighted by Crippen LogP contribution is -2.48. The van der Waals surface area contributed by atoms with Crippen LogP contribution in [0.2, 0.25) is 0 Å². The minimum absolute atomic E-state index is 0.00135. The van der Waals surface area contributed by atoms with Gasteiger partial charge in [-0.05, 0) is 61.3 Å². The van der Waals surface area contributed by atoms with Gasteiger partial charge < -0.3 is 10.6 Å². The number of benzene rings is 1. The molecular formula is C28H34N2O6. The first kappa shape index (κ1) is 25.9. The average molecular weight is 495 g/mol. The van der Waals surface area contributed by atoms with E-state index in [0.29, 0.717) is 37.1 Å². The first-order valence-corrected chi connectivity index (χ1v) is 12.5. The fourth-order valence-electron chi connectivity index (χ4n) is 6.31. The molecule has 3 aliphatic rings. The molecule has 3 aliphatic carbocycles. The summed E-state index contributed by atoms with van der Waals surface area (Å²) in [5, 5.41) is 5.47. The highest BCUT2D eigenvalue weighted by Crippen LogP contribution is 2.69. The largest absolute Gasteiger partial charge is 0.325 e. The summed E-state index contributed by atoms with van der Waals surface area (Å²) < 4.78 is 0. The van der Waals surface area contributed by atoms with Crippen molar-refractivity contribution in [1.82, 2.24) is 0 Å². The summed E-state index contributed by atoms with van der Waals surface area (Å²) in [5.74, 6) is -4.29. The Bertz CT molecular complexity index is 1200. The van der Waals surface area contributed by atoms with E-state index in [1.807, 2.05) is 27.7 Å². The normalized spacial score (nSPS) is 33.2. The first-order valence-electron chi connectivity index (χ1n) is 12.5. The van der Waals surface area contributed by atoms with Crippen LogP contribution >= 0.6 is 0 Å². The summed E-state index contributed by atoms with van der Waals surface area (Å²) in [6.45, 7) is 11.0. The van der Waals surface area contributed by atoms with Crippen LogP contribution in [0.15, 0.2) is 24.3 Å². The minimum atomic E-state index is -1.40. The SMILES string of the molecule is CC(C)[C@]1(C)CC[C@@H](C(=O)Nc2ccc(NC(=O)[C@]34CC[C@](C)(C(=O)C3=O)C4(C)C)cc2)C(=O)C1=O. The maximum Gasteiger partial charge on any atom is 0.239 e. The lowest BCUT2D eigenvalue weighted by atomic mass is 9.64. The minimum Gasteiger partial charge on any atom is -0.325 e. The third kappa shape index (κ3) is 3.26. The van der Waals surface area contributed by atoms with Crippen LogP contribution in [0.1, 0.15) is 67.2 Å². The van der Waals surface area contributed by atoms with Crippen LogP contribution in [0.4, 0.5) is 11.4 Å². The van der Waals surface area contributed by atoms with Gasteiger partial charge in [0.05, 0.1) is 0 Å². The molecule has 36 heavy (non-hydrogen) atoms. The van der Waals surface area contributed by atoms with Crippen molar-refractivity contribution in [3.63, 3.8) is 0 Å². The molecular weight excluding hydrogens is 460 g/mol. The molecule has 2 amide bonds. The Morgan fingerprint density at radius 2 is 1.36 bits per heavy atom. The lowest BCUT2D eigenvalue weighted by molar-refractivity contribution is -0.152. The Morgan fingerprint density at radius 3 is 1.86 bits per heavy atom. The predicted molar refractivity (Wildman–Crippen MR) is 133 cm³/mol. The molecule has 0 radical (unpaired) electrons. The molecule has 2 bridgehead atoms. The Balaban J connectivity index is 1.44. The smallest absolute Gasteiger partial charge is 0.239 e. The number of carbonyl (C=O) groups is 6. The van der Waals surface area contributed by atoms with Crippen LogP contribution in [-0.4, -0.2) is 34.9 Å². The van der Waals surface area contributed by atoms with Crippen LogP contribution in [0.3, 0.4) is 0 Å². The van der Waals surface area contributed by atoms with E-state index in [1.165, 1.54) is 0 Å². The first-order chi connectivity index (χ1) is 16.6. The Labute approximate surface area is 211 Å². The molecule has 1 aromatic rings. The molecule has 4 atom stereocenters. The summed E-state index contributed by atoms with van der Waals surface area (Å²) in [5.41, 5.74) is -2.97. The van der Waals surface area contributed by atoms with Gasteiger partial charge in [-0.25, -0.2) is 0 Å². The quantitative estimate of drug-likeness (QED) is 0.474. The van der Waals surface area contributed by atoms with Crippen molar-refractivity contribution in [2.75, 3.05) is 10.6 Å². The van der Waals surface area contributed by atoms with Crippen LogP contribution in [0.5, 0.6) is 0 Å². The van der Waals surface area contributed by atoms with Gasteiger partial charge in [0.25, 0.3) is 0 Å². The summed E-state index contributed by atoms with van der Waals surface area (Å²) in [6, 6.07) is 6.31. The van der Waals surface area contributed by atoms with E-state index in [4.69, 9.17) is 0 Å². The number of nitrogens with one attached hydrogen (secondary N) is 2. The lowest BCUT2D eigenvalue weighted by Gasteiger charge is -2.37. The Kier molecular flexibility index (Phi) is 5.89. The zero-order chi connectivity index (χ0) is 26.8. The molecule has 0 aliphatic heterocycles. The van der Waals surface area contributed by atoms with Crippen LogP contribution in [0.25, 0.3) is 0 Å². The van der Waals surface area contributed by atoms with Crippen molar-refractivity contribution >= 4 is 46.3 Å². The molecule has 1 aromatic carbocycles. The summed E-state index contributed by atoms with van der Waals surface area (Å²) in [7, 11) is 0. The molecule has 8 heteroatoms. The topological polar surface area (TPSA) is 126 Å². The number of rotatable bonds is 5. The monoisotopic (exact) mass is 494 g/mol. The molecule has 0 unspecified atom stereocenters. The Hall–Kier alpha value is -3.16. The standard InChI is InChI=1S/C28H34N2O6/c1-15(2)26(5)12-11-18(19(31)20(26)32)23(35)29-16-7-9-17(10-8-16)30-24(36)28-14-13-27(6,25(28,3)4)21(33)22(28)34/h7-10,15,18H,11-14H2,1-6H3,(H,29,35)(H,30,36)/t18-,26+,27-,28+/m1/s1. The van der Waals surface area contributed by atoms with Gasteiger partial charge in [-0.1, -0.05) is 41.5 Å². The zero-order valence-electron chi connectivity index (χ0n) is 21.7. The molecule has 192 valence electrons. The van der Waals surface area contributed by atoms with Crippen LogP contribution in [-0.2, 0) is 28.8 Å². The number of carbonyl (C=O) groups excluding carboxylic acids is 6. The van der Waals surface area contributed by atoms with E-state index in [1.54, 1.807) is 38.1 Å². The fourth-order valence-corrected chi connectivity index (χ4v) is 6.31. The molecule has 0 aromatic heterocycles. The second kappa shape index (κ2) is 8.18. The van der Waals surface area contributed by atoms with Crippen LogP contribution in [0, 0.1) is 33.5 Å². The number of ketones is 4.